The Bertz CT molecular complexity index is 157. The molecule has 0 radical (unpaired) electrons. The van der Waals surface area contributed by atoms with Crippen molar-refractivity contribution in [1.82, 2.24) is 0 Å². The fourth-order valence-electron chi connectivity index (χ4n) is 0.399. The van der Waals surface area contributed by atoms with Crippen molar-refractivity contribution in [2.45, 2.75) is 19.6 Å². The van der Waals surface area contributed by atoms with Crippen LogP contribution in [0.4, 0.5) is 0 Å². The van der Waals surface area contributed by atoms with E-state index in [1.54, 1.807) is 0 Å². The van der Waals surface area contributed by atoms with E-state index in [1.807, 2.05) is 19.6 Å². The smallest absolute Gasteiger partial charge is 0.368 e. The van der Waals surface area contributed by atoms with E-state index in [1.165, 1.54) is 7.11 Å². The maximum atomic E-state index is 11.0. The van der Waals surface area contributed by atoms with Crippen LogP contribution in [-0.4, -0.2) is 26.6 Å². The molecule has 0 spiro atoms. The molecule has 0 aliphatic heterocycles. The molecule has 0 bridgehead atoms. The lowest BCUT2D eigenvalue weighted by Gasteiger charge is -2.10. The van der Waals surface area contributed by atoms with E-state index in [9.17, 15) is 9.59 Å². The van der Waals surface area contributed by atoms with Gasteiger partial charge in [0.05, 0.1) is 7.11 Å². The molecule has 0 amide bonds. The van der Waals surface area contributed by atoms with Crippen molar-refractivity contribution in [2.75, 3.05) is 7.11 Å². The number of hydrogen-bond donors (Lipinski definition) is 0. The molecule has 0 aliphatic rings. The average Bonchev–Trinajstić information content (AvgIpc) is 1.83. The highest BCUT2D eigenvalue weighted by atomic mass is 28.3. The summed E-state index contributed by atoms with van der Waals surface area (Å²) in [7, 11) is -0.735. The lowest BCUT2D eigenvalue weighted by Crippen LogP contribution is -2.39. The van der Waals surface area contributed by atoms with Gasteiger partial charge in [0, 0.05) is 0 Å². The molecule has 0 saturated heterocycles. The highest BCUT2D eigenvalue weighted by Crippen LogP contribution is 2.02. The Labute approximate surface area is 61.4 Å². The third-order valence-electron chi connectivity index (χ3n) is 1.05. The minimum absolute atomic E-state index is 0.352. The molecule has 0 saturated carbocycles. The van der Waals surface area contributed by atoms with Crippen molar-refractivity contribution in [1.29, 1.82) is 0 Å². The fourth-order valence-corrected chi connectivity index (χ4v) is 1.11. The van der Waals surface area contributed by atoms with Crippen molar-refractivity contribution in [3.8, 4) is 0 Å². The Morgan fingerprint density at radius 1 is 1.20 bits per heavy atom. The molecule has 58 valence electrons. The number of esters is 1. The van der Waals surface area contributed by atoms with Crippen LogP contribution in [0.2, 0.25) is 19.6 Å². The van der Waals surface area contributed by atoms with E-state index in [0.29, 0.717) is 0 Å². The third-order valence-corrected chi connectivity index (χ3v) is 2.62. The van der Waals surface area contributed by atoms with Gasteiger partial charge in [-0.2, -0.15) is 0 Å². The first kappa shape index (κ1) is 9.36. The van der Waals surface area contributed by atoms with Crippen molar-refractivity contribution in [3.05, 3.63) is 0 Å². The lowest BCUT2D eigenvalue weighted by atomic mass is 10.8. The summed E-state index contributed by atoms with van der Waals surface area (Å²) < 4.78 is 4.28. The van der Waals surface area contributed by atoms with E-state index in [4.69, 9.17) is 0 Å². The molecule has 0 aromatic carbocycles. The van der Waals surface area contributed by atoms with E-state index >= 15 is 0 Å². The number of rotatable bonds is 2. The average molecular weight is 160 g/mol. The Morgan fingerprint density at radius 3 is 1.70 bits per heavy atom. The summed E-state index contributed by atoms with van der Waals surface area (Å²) in [6.07, 6.45) is 0. The minimum Gasteiger partial charge on any atom is -0.464 e. The Balaban J connectivity index is 4.24. The number of carbonyl (C=O) groups excluding carboxylic acids is 2. The number of carbonyl (C=O) groups is 2. The van der Waals surface area contributed by atoms with Gasteiger partial charge >= 0.3 is 5.97 Å². The van der Waals surface area contributed by atoms with Gasteiger partial charge in [-0.1, -0.05) is 19.6 Å². The molecular weight excluding hydrogens is 148 g/mol. The standard InChI is InChI=1S/C6H12O3Si/c1-9-5(7)6(8)10(2,3)4/h1-4H3. The predicted octanol–water partition coefficient (Wildman–Crippen LogP) is 0.606. The molecule has 0 fully saturated rings. The van der Waals surface area contributed by atoms with Crippen molar-refractivity contribution < 1.29 is 14.3 Å². The van der Waals surface area contributed by atoms with Crippen LogP contribution in [0.3, 0.4) is 0 Å². The summed E-state index contributed by atoms with van der Waals surface area (Å²) in [5, 5.41) is -0.352. The summed E-state index contributed by atoms with van der Waals surface area (Å²) in [5.74, 6) is -0.709. The first-order valence-electron chi connectivity index (χ1n) is 3.02. The van der Waals surface area contributed by atoms with Crippen molar-refractivity contribution in [3.63, 3.8) is 0 Å². The summed E-state index contributed by atoms with van der Waals surface area (Å²) in [5.41, 5.74) is 0. The minimum atomic E-state index is -1.96. The van der Waals surface area contributed by atoms with Crippen LogP contribution in [0.25, 0.3) is 0 Å². The van der Waals surface area contributed by atoms with Crippen LogP contribution in [0.1, 0.15) is 0 Å². The van der Waals surface area contributed by atoms with Gasteiger partial charge in [-0.15, -0.1) is 0 Å². The molecule has 0 atom stereocenters. The summed E-state index contributed by atoms with van der Waals surface area (Å²) in [4.78, 5) is 21.6. The largest absolute Gasteiger partial charge is 0.464 e. The maximum absolute atomic E-state index is 11.0. The monoisotopic (exact) mass is 160 g/mol. The van der Waals surface area contributed by atoms with Gasteiger partial charge in [-0.05, 0) is 0 Å². The zero-order valence-electron chi connectivity index (χ0n) is 6.72. The fraction of sp³-hybridized carbons (Fsp3) is 0.667. The van der Waals surface area contributed by atoms with Gasteiger partial charge < -0.3 is 4.74 Å². The summed E-state index contributed by atoms with van der Waals surface area (Å²) in [6, 6.07) is 0. The second kappa shape index (κ2) is 2.96. The molecule has 0 aliphatic carbocycles. The van der Waals surface area contributed by atoms with E-state index in [2.05, 4.69) is 4.74 Å². The number of ether oxygens (including phenoxy) is 1. The molecule has 4 heteroatoms. The quantitative estimate of drug-likeness (QED) is 0.337. The van der Waals surface area contributed by atoms with Gasteiger partial charge in [-0.25, -0.2) is 4.79 Å². The highest BCUT2D eigenvalue weighted by molar-refractivity contribution is 7.11. The second-order valence-corrected chi connectivity index (χ2v) is 8.02. The van der Waals surface area contributed by atoms with Crippen LogP contribution in [0.15, 0.2) is 0 Å². The molecule has 0 rings (SSSR count). The SMILES string of the molecule is COC(=O)C(=O)[Si](C)(C)C. The summed E-state index contributed by atoms with van der Waals surface area (Å²) in [6.45, 7) is 5.44. The lowest BCUT2D eigenvalue weighted by molar-refractivity contribution is -0.148. The number of hydrogen-bond acceptors (Lipinski definition) is 3. The number of methoxy groups -OCH3 is 1. The topological polar surface area (TPSA) is 43.4 Å². The molecule has 0 aromatic rings. The molecule has 10 heavy (non-hydrogen) atoms. The molecule has 0 heterocycles. The Hall–Kier alpha value is -0.643. The normalized spacial score (nSPS) is 10.8. The van der Waals surface area contributed by atoms with Crippen LogP contribution in [-0.2, 0) is 14.3 Å². The zero-order chi connectivity index (χ0) is 8.36. The van der Waals surface area contributed by atoms with Crippen LogP contribution < -0.4 is 0 Å². The molecular formula is C6H12O3Si. The van der Waals surface area contributed by atoms with E-state index in [-0.39, 0.29) is 5.41 Å². The van der Waals surface area contributed by atoms with Gasteiger partial charge in [-0.3, -0.25) is 4.79 Å². The predicted molar refractivity (Wildman–Crippen MR) is 40.4 cm³/mol. The molecule has 0 N–H and O–H groups in total. The Kier molecular flexibility index (Phi) is 2.77. The van der Waals surface area contributed by atoms with Crippen LogP contribution >= 0.6 is 0 Å². The highest BCUT2D eigenvalue weighted by Gasteiger charge is 2.30. The molecule has 0 unspecified atom stereocenters. The van der Waals surface area contributed by atoms with Gasteiger partial charge in [0.15, 0.2) is 0 Å². The van der Waals surface area contributed by atoms with Gasteiger partial charge in [0.25, 0.3) is 0 Å². The summed E-state index contributed by atoms with van der Waals surface area (Å²) >= 11 is 0. The maximum Gasteiger partial charge on any atom is 0.368 e. The molecule has 3 nitrogen and oxygen atoms in total. The zero-order valence-corrected chi connectivity index (χ0v) is 7.72. The van der Waals surface area contributed by atoms with Gasteiger partial charge in [0.1, 0.15) is 8.07 Å². The molecule has 0 aromatic heterocycles. The first-order valence-corrected chi connectivity index (χ1v) is 6.52. The first-order chi connectivity index (χ1) is 4.39. The van der Waals surface area contributed by atoms with E-state index < -0.39 is 14.0 Å². The van der Waals surface area contributed by atoms with Gasteiger partial charge in [0.2, 0.25) is 5.41 Å². The Morgan fingerprint density at radius 2 is 1.60 bits per heavy atom. The van der Waals surface area contributed by atoms with Crippen molar-refractivity contribution >= 4 is 19.4 Å². The van der Waals surface area contributed by atoms with Crippen LogP contribution in [0.5, 0.6) is 0 Å². The van der Waals surface area contributed by atoms with E-state index in [0.717, 1.165) is 0 Å². The second-order valence-electron chi connectivity index (χ2n) is 3.07. The van der Waals surface area contributed by atoms with Crippen molar-refractivity contribution in [2.24, 2.45) is 0 Å². The van der Waals surface area contributed by atoms with Crippen LogP contribution in [0, 0.1) is 0 Å². The third kappa shape index (κ3) is 2.30.